The molecule has 0 aromatic heterocycles. The first-order valence-electron chi connectivity index (χ1n) is 11.2. The molecule has 2 aromatic rings. The summed E-state index contributed by atoms with van der Waals surface area (Å²) in [7, 11) is 0. The maximum absolute atomic E-state index is 13.0. The summed E-state index contributed by atoms with van der Waals surface area (Å²) in [4.78, 5) is 23.7. The van der Waals surface area contributed by atoms with Crippen LogP contribution in [0.2, 0.25) is 0 Å². The summed E-state index contributed by atoms with van der Waals surface area (Å²) in [6.07, 6.45) is -2.23. The molecule has 13 heteroatoms. The minimum Gasteiger partial charge on any atom is -0.468 e. The van der Waals surface area contributed by atoms with Gasteiger partial charge in [-0.15, -0.1) is 13.2 Å². The summed E-state index contributed by atoms with van der Waals surface area (Å²) < 4.78 is 56.7. The van der Waals surface area contributed by atoms with E-state index in [4.69, 9.17) is 25.8 Å². The van der Waals surface area contributed by atoms with Crippen molar-refractivity contribution in [2.24, 2.45) is 17.5 Å². The Balaban J connectivity index is 1.44. The van der Waals surface area contributed by atoms with Crippen LogP contribution < -0.4 is 31.1 Å². The van der Waals surface area contributed by atoms with Gasteiger partial charge in [0, 0.05) is 12.1 Å². The van der Waals surface area contributed by atoms with E-state index in [0.29, 0.717) is 36.4 Å². The number of benzene rings is 2. The molecule has 0 saturated carbocycles. The molecule has 0 radical (unpaired) electrons. The van der Waals surface area contributed by atoms with Gasteiger partial charge in [0.15, 0.2) is 11.5 Å². The highest BCUT2D eigenvalue weighted by atomic mass is 19.4. The van der Waals surface area contributed by atoms with Crippen molar-refractivity contribution in [1.29, 1.82) is 0 Å². The highest BCUT2D eigenvalue weighted by Crippen LogP contribution is 2.42. The molecule has 2 unspecified atom stereocenters. The third-order valence-corrected chi connectivity index (χ3v) is 5.98. The van der Waals surface area contributed by atoms with Gasteiger partial charge < -0.3 is 35.0 Å². The lowest BCUT2D eigenvalue weighted by molar-refractivity contribution is -0.274. The minimum absolute atomic E-state index is 0.0613. The lowest BCUT2D eigenvalue weighted by atomic mass is 9.79. The van der Waals surface area contributed by atoms with Crippen molar-refractivity contribution in [1.82, 2.24) is 10.3 Å². The van der Waals surface area contributed by atoms with Crippen LogP contribution in [-0.4, -0.2) is 37.2 Å². The average molecular weight is 522 g/mol. The van der Waals surface area contributed by atoms with Gasteiger partial charge in [-0.3, -0.25) is 9.59 Å². The van der Waals surface area contributed by atoms with Crippen LogP contribution in [0.4, 0.5) is 13.2 Å². The van der Waals surface area contributed by atoms with Crippen LogP contribution >= 0.6 is 0 Å². The quantitative estimate of drug-likeness (QED) is 0.196. The summed E-state index contributed by atoms with van der Waals surface area (Å²) in [5.74, 6) is 5.95. The number of nitrogens with one attached hydrogen (secondary N) is 1. The molecule has 2 aromatic carbocycles. The second-order valence-corrected chi connectivity index (χ2v) is 8.53. The molecule has 1 heterocycles. The Hall–Kier alpha value is -4.13. The van der Waals surface area contributed by atoms with Crippen molar-refractivity contribution < 1.29 is 41.7 Å². The van der Waals surface area contributed by atoms with Gasteiger partial charge in [-0.05, 0) is 53.8 Å². The maximum atomic E-state index is 13.0. The lowest BCUT2D eigenvalue weighted by Gasteiger charge is -2.34. The molecule has 5 N–H and O–H groups in total. The number of amides is 1. The molecule has 4 rings (SSSR count). The molecular weight excluding hydrogens is 497 g/mol. The lowest BCUT2D eigenvalue weighted by Crippen LogP contribution is -2.40. The van der Waals surface area contributed by atoms with Gasteiger partial charge in [0.2, 0.25) is 6.79 Å². The van der Waals surface area contributed by atoms with Gasteiger partial charge in [-0.1, -0.05) is 12.1 Å². The van der Waals surface area contributed by atoms with E-state index < -0.39 is 18.3 Å². The molecule has 0 bridgehead atoms. The second-order valence-electron chi connectivity index (χ2n) is 8.53. The van der Waals surface area contributed by atoms with Gasteiger partial charge in [0.1, 0.15) is 11.4 Å². The third kappa shape index (κ3) is 6.55. The van der Waals surface area contributed by atoms with Crippen molar-refractivity contribution in [3.8, 4) is 17.2 Å². The SMILES string of the molecule is N/C(=C\N(N)Cc1ccc(OC(F)(F)F)cc1)C(=O)NC1c2cc3c(cc2CCC1COC=O)OCO3. The highest BCUT2D eigenvalue weighted by Gasteiger charge is 2.34. The third-order valence-electron chi connectivity index (χ3n) is 5.98. The maximum Gasteiger partial charge on any atom is 0.573 e. The van der Waals surface area contributed by atoms with Gasteiger partial charge >= 0.3 is 6.36 Å². The zero-order valence-electron chi connectivity index (χ0n) is 19.5. The van der Waals surface area contributed by atoms with Crippen molar-refractivity contribution in [3.63, 3.8) is 0 Å². The van der Waals surface area contributed by atoms with Crippen LogP contribution in [0.1, 0.15) is 29.2 Å². The number of rotatable bonds is 9. The minimum atomic E-state index is -4.79. The van der Waals surface area contributed by atoms with Crippen molar-refractivity contribution in [2.45, 2.75) is 31.8 Å². The number of ether oxygens (including phenoxy) is 4. The molecule has 0 saturated heterocycles. The van der Waals surface area contributed by atoms with Crippen LogP contribution in [0.3, 0.4) is 0 Å². The molecule has 10 nitrogen and oxygen atoms in total. The molecule has 2 aliphatic rings. The zero-order chi connectivity index (χ0) is 26.6. The largest absolute Gasteiger partial charge is 0.573 e. The Kier molecular flexibility index (Phi) is 7.62. The number of aryl methyl sites for hydroxylation is 1. The summed E-state index contributed by atoms with van der Waals surface area (Å²) in [6, 6.07) is 8.28. The smallest absolute Gasteiger partial charge is 0.468 e. The standard InChI is InChI=1S/C24H25F3N4O6/c25-24(26,27)37-17-5-1-14(2-6-17)9-31(29)10-19(28)23(33)30-22-16(11-34-12-32)4-3-15-7-20-21(8-18(15)22)36-13-35-20/h1-2,5-8,10,12,16,22H,3-4,9,11,13,28-29H2,(H,30,33)/b19-10-. The number of hydrazine groups is 1. The van der Waals surface area contributed by atoms with Crippen LogP contribution in [0.5, 0.6) is 17.2 Å². The summed E-state index contributed by atoms with van der Waals surface area (Å²) in [5, 5.41) is 4.03. The number of carbonyl (C=O) groups is 2. The summed E-state index contributed by atoms with van der Waals surface area (Å²) in [6.45, 7) is 0.623. The Morgan fingerprint density at radius 1 is 1.19 bits per heavy atom. The first-order valence-corrected chi connectivity index (χ1v) is 11.2. The number of nitrogens with two attached hydrogens (primary N) is 2. The first kappa shape index (κ1) is 25.9. The topological polar surface area (TPSA) is 138 Å². The Morgan fingerprint density at radius 3 is 2.57 bits per heavy atom. The monoisotopic (exact) mass is 522 g/mol. The number of fused-ring (bicyclic) bond motifs is 2. The van der Waals surface area contributed by atoms with Gasteiger partial charge in [-0.25, -0.2) is 5.84 Å². The molecule has 0 spiro atoms. The number of hydrogen-bond donors (Lipinski definition) is 3. The van der Waals surface area contributed by atoms with Gasteiger partial charge in [0.05, 0.1) is 19.2 Å². The summed E-state index contributed by atoms with van der Waals surface area (Å²) in [5.41, 5.74) is 8.13. The Labute approximate surface area is 209 Å². The van der Waals surface area contributed by atoms with Crippen LogP contribution in [-0.2, 0) is 27.3 Å². The highest BCUT2D eigenvalue weighted by molar-refractivity contribution is 5.92. The predicted molar refractivity (Wildman–Crippen MR) is 122 cm³/mol. The average Bonchev–Trinajstić information content (AvgIpc) is 3.30. The Morgan fingerprint density at radius 2 is 1.89 bits per heavy atom. The summed E-state index contributed by atoms with van der Waals surface area (Å²) >= 11 is 0. The van der Waals surface area contributed by atoms with E-state index in [1.54, 1.807) is 6.07 Å². The van der Waals surface area contributed by atoms with Crippen molar-refractivity contribution in [3.05, 3.63) is 65.0 Å². The van der Waals surface area contributed by atoms with E-state index in [1.807, 2.05) is 6.07 Å². The van der Waals surface area contributed by atoms with E-state index >= 15 is 0 Å². The fourth-order valence-electron chi connectivity index (χ4n) is 4.32. The normalized spacial score (nSPS) is 18.5. The fraction of sp³-hybridized carbons (Fsp3) is 0.333. The molecular formula is C24H25F3N4O6. The van der Waals surface area contributed by atoms with E-state index in [1.165, 1.54) is 18.3 Å². The van der Waals surface area contributed by atoms with E-state index in [2.05, 4.69) is 10.1 Å². The number of alkyl halides is 3. The molecule has 37 heavy (non-hydrogen) atoms. The molecule has 1 aliphatic heterocycles. The van der Waals surface area contributed by atoms with Crippen LogP contribution in [0.25, 0.3) is 0 Å². The van der Waals surface area contributed by atoms with Crippen molar-refractivity contribution >= 4 is 12.4 Å². The number of carbonyl (C=O) groups excluding carboxylic acids is 2. The van der Waals surface area contributed by atoms with E-state index in [-0.39, 0.29) is 37.3 Å². The molecule has 2 atom stereocenters. The van der Waals surface area contributed by atoms with Crippen LogP contribution in [0, 0.1) is 5.92 Å². The Bertz CT molecular complexity index is 1170. The molecule has 198 valence electrons. The number of halogens is 3. The fourth-order valence-corrected chi connectivity index (χ4v) is 4.32. The van der Waals surface area contributed by atoms with Crippen molar-refractivity contribution in [2.75, 3.05) is 13.4 Å². The molecule has 1 aliphatic carbocycles. The van der Waals surface area contributed by atoms with Gasteiger partial charge in [-0.2, -0.15) is 0 Å². The molecule has 1 amide bonds. The zero-order valence-corrected chi connectivity index (χ0v) is 19.5. The number of hydrogen-bond acceptors (Lipinski definition) is 9. The second kappa shape index (κ2) is 10.9. The predicted octanol–water partition coefficient (Wildman–Crippen LogP) is 2.38. The number of nitrogens with zero attached hydrogens (tertiary/aromatic N) is 1. The van der Waals surface area contributed by atoms with E-state index in [9.17, 15) is 22.8 Å². The van der Waals surface area contributed by atoms with E-state index in [0.717, 1.165) is 28.3 Å². The first-order chi connectivity index (χ1) is 17.6. The van der Waals surface area contributed by atoms with Gasteiger partial charge in [0.25, 0.3) is 12.4 Å². The molecule has 0 fully saturated rings. The van der Waals surface area contributed by atoms with Crippen LogP contribution in [0.15, 0.2) is 48.3 Å².